The Morgan fingerprint density at radius 2 is 2.17 bits per heavy atom. The summed E-state index contributed by atoms with van der Waals surface area (Å²) >= 11 is 0. The van der Waals surface area contributed by atoms with E-state index < -0.39 is 0 Å². The fraction of sp³-hybridized carbons (Fsp3) is 0.467. The minimum Gasteiger partial charge on any atom is -0.495 e. The monoisotopic (exact) mass is 244 g/mol. The highest BCUT2D eigenvalue weighted by atomic mass is 16.5. The first-order chi connectivity index (χ1) is 8.72. The molecule has 1 unspecified atom stereocenters. The van der Waals surface area contributed by atoms with Crippen LogP contribution in [0.1, 0.15) is 30.9 Å². The molecule has 3 rings (SSSR count). The number of aromatic nitrogens is 1. The molecule has 0 saturated heterocycles. The maximum Gasteiger partial charge on any atom is 0.143 e. The van der Waals surface area contributed by atoms with E-state index in [1.54, 1.807) is 7.11 Å². The number of nitrogens with two attached hydrogens (primary N) is 1. The molecule has 0 radical (unpaired) electrons. The number of hydrogen-bond acceptors (Lipinski definition) is 2. The molecule has 1 aliphatic carbocycles. The van der Waals surface area contributed by atoms with Crippen LogP contribution in [0.4, 0.5) is 0 Å². The lowest BCUT2D eigenvalue weighted by molar-refractivity contribution is 0.265. The van der Waals surface area contributed by atoms with Gasteiger partial charge in [0, 0.05) is 24.7 Å². The van der Waals surface area contributed by atoms with Gasteiger partial charge >= 0.3 is 0 Å². The van der Waals surface area contributed by atoms with E-state index >= 15 is 0 Å². The Labute approximate surface area is 108 Å². The molecule has 2 aromatic rings. The fourth-order valence-corrected chi connectivity index (χ4v) is 2.95. The molecule has 0 spiro atoms. The summed E-state index contributed by atoms with van der Waals surface area (Å²) in [7, 11) is 3.77. The third kappa shape index (κ3) is 1.62. The molecule has 1 atom stereocenters. The third-order valence-electron chi connectivity index (χ3n) is 4.23. The standard InChI is InChI=1S/C15H20N2O/c1-17-9-12(14(16)10-5-3-6-10)11-7-4-8-13(18-2)15(11)17/h4,7-10,14H,3,5-6,16H2,1-2H3. The van der Waals surface area contributed by atoms with Crippen molar-refractivity contribution in [3.05, 3.63) is 30.0 Å². The lowest BCUT2D eigenvalue weighted by Crippen LogP contribution is -2.26. The summed E-state index contributed by atoms with van der Waals surface area (Å²) in [5.74, 6) is 1.57. The number of rotatable bonds is 3. The molecule has 1 fully saturated rings. The molecule has 3 nitrogen and oxygen atoms in total. The number of fused-ring (bicyclic) bond motifs is 1. The Balaban J connectivity index is 2.12. The van der Waals surface area contributed by atoms with Gasteiger partial charge in [0.15, 0.2) is 0 Å². The van der Waals surface area contributed by atoms with Crippen LogP contribution in [0, 0.1) is 5.92 Å². The van der Waals surface area contributed by atoms with Crippen LogP contribution in [0.5, 0.6) is 5.75 Å². The predicted molar refractivity (Wildman–Crippen MR) is 73.7 cm³/mol. The van der Waals surface area contributed by atoms with Crippen LogP contribution in [0.15, 0.2) is 24.4 Å². The molecule has 0 bridgehead atoms. The molecule has 0 aliphatic heterocycles. The molecular weight excluding hydrogens is 224 g/mol. The zero-order chi connectivity index (χ0) is 12.7. The van der Waals surface area contributed by atoms with Gasteiger partial charge in [-0.2, -0.15) is 0 Å². The molecule has 3 heteroatoms. The average molecular weight is 244 g/mol. The minimum atomic E-state index is 0.162. The molecule has 0 amide bonds. The number of ether oxygens (including phenoxy) is 1. The largest absolute Gasteiger partial charge is 0.495 e. The summed E-state index contributed by atoms with van der Waals surface area (Å²) in [5.41, 5.74) is 8.82. The van der Waals surface area contributed by atoms with Gasteiger partial charge in [0.25, 0.3) is 0 Å². The molecule has 1 saturated carbocycles. The van der Waals surface area contributed by atoms with Crippen molar-refractivity contribution < 1.29 is 4.74 Å². The summed E-state index contributed by atoms with van der Waals surface area (Å²) in [6, 6.07) is 6.35. The smallest absolute Gasteiger partial charge is 0.143 e. The summed E-state index contributed by atoms with van der Waals surface area (Å²) in [5, 5.41) is 1.23. The Hall–Kier alpha value is -1.48. The molecule has 1 aromatic carbocycles. The summed E-state index contributed by atoms with van der Waals surface area (Å²) in [6.45, 7) is 0. The lowest BCUT2D eigenvalue weighted by atomic mass is 9.77. The Bertz CT molecular complexity index is 569. The number of nitrogens with zero attached hydrogens (tertiary/aromatic N) is 1. The van der Waals surface area contributed by atoms with Crippen LogP contribution in [-0.2, 0) is 7.05 Å². The number of para-hydroxylation sites is 1. The molecule has 18 heavy (non-hydrogen) atoms. The summed E-state index contributed by atoms with van der Waals surface area (Å²) in [4.78, 5) is 0. The molecule has 1 aliphatic rings. The summed E-state index contributed by atoms with van der Waals surface area (Å²) in [6.07, 6.45) is 6.02. The zero-order valence-electron chi connectivity index (χ0n) is 11.0. The van der Waals surface area contributed by atoms with E-state index in [0.29, 0.717) is 5.92 Å². The molecular formula is C15H20N2O. The number of benzene rings is 1. The SMILES string of the molecule is COc1cccc2c(C(N)C3CCC3)cn(C)c12. The van der Waals surface area contributed by atoms with E-state index in [0.717, 1.165) is 11.3 Å². The fourth-order valence-electron chi connectivity index (χ4n) is 2.95. The number of aryl methyl sites for hydroxylation is 1. The second-order valence-electron chi connectivity index (χ2n) is 5.27. The second kappa shape index (κ2) is 4.32. The van der Waals surface area contributed by atoms with E-state index in [4.69, 9.17) is 10.5 Å². The Morgan fingerprint density at radius 1 is 1.39 bits per heavy atom. The topological polar surface area (TPSA) is 40.2 Å². The van der Waals surface area contributed by atoms with Crippen LogP contribution in [0.3, 0.4) is 0 Å². The van der Waals surface area contributed by atoms with Gasteiger partial charge in [-0.15, -0.1) is 0 Å². The van der Waals surface area contributed by atoms with Crippen molar-refractivity contribution in [2.45, 2.75) is 25.3 Å². The lowest BCUT2D eigenvalue weighted by Gasteiger charge is -2.31. The summed E-state index contributed by atoms with van der Waals surface area (Å²) < 4.78 is 7.57. The zero-order valence-corrected chi connectivity index (χ0v) is 11.0. The molecule has 1 heterocycles. The van der Waals surface area contributed by atoms with Crippen molar-refractivity contribution in [1.29, 1.82) is 0 Å². The number of hydrogen-bond donors (Lipinski definition) is 1. The first-order valence-corrected chi connectivity index (χ1v) is 6.60. The van der Waals surface area contributed by atoms with Crippen molar-refractivity contribution in [3.8, 4) is 5.75 Å². The van der Waals surface area contributed by atoms with Crippen molar-refractivity contribution in [3.63, 3.8) is 0 Å². The van der Waals surface area contributed by atoms with E-state index in [-0.39, 0.29) is 6.04 Å². The van der Waals surface area contributed by atoms with E-state index in [1.807, 2.05) is 12.1 Å². The van der Waals surface area contributed by atoms with Crippen LogP contribution < -0.4 is 10.5 Å². The van der Waals surface area contributed by atoms with Crippen molar-refractivity contribution >= 4 is 10.9 Å². The van der Waals surface area contributed by atoms with Gasteiger partial charge in [-0.05, 0) is 30.4 Å². The minimum absolute atomic E-state index is 0.162. The van der Waals surface area contributed by atoms with Crippen molar-refractivity contribution in [2.75, 3.05) is 7.11 Å². The first kappa shape index (κ1) is 11.6. The predicted octanol–water partition coefficient (Wildman–Crippen LogP) is 2.99. The van der Waals surface area contributed by atoms with Crippen molar-refractivity contribution in [2.24, 2.45) is 18.7 Å². The van der Waals surface area contributed by atoms with E-state index in [1.165, 1.54) is 30.2 Å². The highest BCUT2D eigenvalue weighted by Crippen LogP contribution is 2.40. The second-order valence-corrected chi connectivity index (χ2v) is 5.27. The normalized spacial score (nSPS) is 17.7. The average Bonchev–Trinajstić information content (AvgIpc) is 2.65. The maximum atomic E-state index is 6.42. The molecule has 96 valence electrons. The van der Waals surface area contributed by atoms with E-state index in [9.17, 15) is 0 Å². The van der Waals surface area contributed by atoms with Gasteiger partial charge < -0.3 is 15.0 Å². The van der Waals surface area contributed by atoms with Gasteiger partial charge in [0.05, 0.1) is 12.6 Å². The van der Waals surface area contributed by atoms with Crippen molar-refractivity contribution in [1.82, 2.24) is 4.57 Å². The van der Waals surface area contributed by atoms with Gasteiger partial charge in [0.1, 0.15) is 5.75 Å². The highest BCUT2D eigenvalue weighted by molar-refractivity contribution is 5.89. The first-order valence-electron chi connectivity index (χ1n) is 6.60. The van der Waals surface area contributed by atoms with Crippen LogP contribution in [-0.4, -0.2) is 11.7 Å². The molecule has 1 aromatic heterocycles. The molecule has 2 N–H and O–H groups in total. The number of methoxy groups -OCH3 is 1. The van der Waals surface area contributed by atoms with Gasteiger partial charge in [0.2, 0.25) is 0 Å². The Morgan fingerprint density at radius 3 is 2.78 bits per heavy atom. The van der Waals surface area contributed by atoms with Crippen LogP contribution in [0.2, 0.25) is 0 Å². The van der Waals surface area contributed by atoms with Gasteiger partial charge in [-0.25, -0.2) is 0 Å². The van der Waals surface area contributed by atoms with Gasteiger partial charge in [-0.1, -0.05) is 18.6 Å². The maximum absolute atomic E-state index is 6.42. The van der Waals surface area contributed by atoms with E-state index in [2.05, 4.69) is 23.9 Å². The van der Waals surface area contributed by atoms with Crippen LogP contribution >= 0.6 is 0 Å². The quantitative estimate of drug-likeness (QED) is 0.901. The Kier molecular flexibility index (Phi) is 2.78. The van der Waals surface area contributed by atoms with Gasteiger partial charge in [-0.3, -0.25) is 0 Å². The highest BCUT2D eigenvalue weighted by Gasteiger charge is 2.28. The van der Waals surface area contributed by atoms with Crippen LogP contribution in [0.25, 0.3) is 10.9 Å². The third-order valence-corrected chi connectivity index (χ3v) is 4.23.